The highest BCUT2D eigenvalue weighted by atomic mass is 31.2. The first-order chi connectivity index (χ1) is 6.65. The van der Waals surface area contributed by atoms with Gasteiger partial charge in [0.2, 0.25) is 0 Å². The molecule has 6 N–H and O–H groups in total. The van der Waals surface area contributed by atoms with Crippen molar-refractivity contribution < 1.29 is 39.6 Å². The van der Waals surface area contributed by atoms with E-state index in [1.807, 2.05) is 0 Å². The van der Waals surface area contributed by atoms with Gasteiger partial charge in [0.1, 0.15) is 6.10 Å². The summed E-state index contributed by atoms with van der Waals surface area (Å²) in [5, 5.41) is 35.1. The van der Waals surface area contributed by atoms with Crippen LogP contribution in [0, 0.1) is 0 Å². The summed E-state index contributed by atoms with van der Waals surface area (Å²) in [6.45, 7) is 0. The topological polar surface area (TPSA) is 156 Å². The van der Waals surface area contributed by atoms with Crippen molar-refractivity contribution in [1.82, 2.24) is 0 Å². The van der Waals surface area contributed by atoms with Gasteiger partial charge in [-0.1, -0.05) is 0 Å². The predicted molar refractivity (Wildman–Crippen MR) is 47.2 cm³/mol. The fraction of sp³-hybridized carbons (Fsp3) is 0.833. The van der Waals surface area contributed by atoms with Crippen molar-refractivity contribution in [3.8, 4) is 0 Å². The summed E-state index contributed by atoms with van der Waals surface area (Å²) < 4.78 is 10.4. The van der Waals surface area contributed by atoms with Crippen LogP contribution in [0.3, 0.4) is 0 Å². The Morgan fingerprint density at radius 2 is 1.67 bits per heavy atom. The minimum Gasteiger partial charge on any atom is -0.479 e. The Bertz CT molecular complexity index is 260. The van der Waals surface area contributed by atoms with Crippen molar-refractivity contribution in [1.29, 1.82) is 0 Å². The molecule has 0 aromatic carbocycles. The molecule has 0 amide bonds. The molecule has 0 spiro atoms. The number of rotatable bonds is 6. The van der Waals surface area contributed by atoms with Crippen LogP contribution in [0.1, 0.15) is 6.42 Å². The van der Waals surface area contributed by atoms with E-state index in [1.165, 1.54) is 0 Å². The van der Waals surface area contributed by atoms with Crippen molar-refractivity contribution >= 4 is 13.6 Å². The summed E-state index contributed by atoms with van der Waals surface area (Å²) >= 11 is 0. The lowest BCUT2D eigenvalue weighted by Gasteiger charge is -2.20. The molecule has 0 aliphatic rings. The number of carboxylic acids is 1. The minimum absolute atomic E-state index is 0.504. The van der Waals surface area contributed by atoms with Crippen LogP contribution in [0.5, 0.6) is 0 Å². The molecule has 0 saturated carbocycles. The van der Waals surface area contributed by atoms with Gasteiger partial charge in [0.25, 0.3) is 0 Å². The highest BCUT2D eigenvalue weighted by molar-refractivity contribution is 7.51. The van der Waals surface area contributed by atoms with E-state index in [1.54, 1.807) is 0 Å². The molecule has 15 heavy (non-hydrogen) atoms. The van der Waals surface area contributed by atoms with Gasteiger partial charge in [-0.2, -0.15) is 0 Å². The van der Waals surface area contributed by atoms with E-state index in [4.69, 9.17) is 30.2 Å². The van der Waals surface area contributed by atoms with Gasteiger partial charge in [-0.15, -0.1) is 0 Å². The molecule has 0 aromatic heterocycles. The van der Waals surface area contributed by atoms with Crippen LogP contribution in [-0.2, 0) is 9.36 Å². The van der Waals surface area contributed by atoms with Crippen molar-refractivity contribution in [2.75, 3.05) is 6.16 Å². The van der Waals surface area contributed by atoms with Gasteiger partial charge < -0.3 is 30.2 Å². The van der Waals surface area contributed by atoms with E-state index in [-0.39, 0.29) is 0 Å². The third-order valence-corrected chi connectivity index (χ3v) is 2.53. The van der Waals surface area contributed by atoms with Crippen LogP contribution in [0.2, 0.25) is 0 Å². The maximum atomic E-state index is 10.4. The monoisotopic (exact) mass is 244 g/mol. The molecule has 0 aliphatic carbocycles. The summed E-state index contributed by atoms with van der Waals surface area (Å²) in [4.78, 5) is 27.0. The normalized spacial score (nSPS) is 18.2. The maximum Gasteiger partial charge on any atom is 0.335 e. The molecule has 0 aliphatic heterocycles. The number of hydrogen-bond acceptors (Lipinski definition) is 5. The maximum absolute atomic E-state index is 10.4. The number of carbonyl (C=O) groups is 1. The van der Waals surface area contributed by atoms with Crippen LogP contribution >= 0.6 is 7.60 Å². The van der Waals surface area contributed by atoms with Gasteiger partial charge >= 0.3 is 13.6 Å². The minimum atomic E-state index is -4.31. The number of aliphatic carboxylic acids is 1. The summed E-state index contributed by atoms with van der Waals surface area (Å²) in [5.41, 5.74) is 0. The molecular weight excluding hydrogens is 231 g/mol. The largest absolute Gasteiger partial charge is 0.479 e. The van der Waals surface area contributed by atoms with E-state index in [0.717, 1.165) is 0 Å². The van der Waals surface area contributed by atoms with Crippen LogP contribution < -0.4 is 0 Å². The Hall–Kier alpha value is -0.500. The van der Waals surface area contributed by atoms with E-state index < -0.39 is 44.5 Å². The first-order valence-electron chi connectivity index (χ1n) is 3.96. The molecule has 0 saturated heterocycles. The summed E-state index contributed by atoms with van der Waals surface area (Å²) in [5.74, 6) is -1.72. The van der Waals surface area contributed by atoms with Gasteiger partial charge in [-0.3, -0.25) is 4.57 Å². The molecule has 90 valence electrons. The first kappa shape index (κ1) is 14.5. The molecule has 0 bridgehead atoms. The van der Waals surface area contributed by atoms with Crippen LogP contribution in [0.4, 0.5) is 0 Å². The molecular formula is C6H13O8P. The lowest BCUT2D eigenvalue weighted by molar-refractivity contribution is -0.158. The number of aliphatic hydroxyl groups excluding tert-OH is 3. The average molecular weight is 244 g/mol. The number of carboxylic acid groups (broad SMARTS) is 1. The summed E-state index contributed by atoms with van der Waals surface area (Å²) in [7, 11) is -4.31. The van der Waals surface area contributed by atoms with Crippen molar-refractivity contribution in [2.24, 2.45) is 0 Å². The van der Waals surface area contributed by atoms with Crippen LogP contribution in [-0.4, -0.2) is 60.7 Å². The van der Waals surface area contributed by atoms with E-state index >= 15 is 0 Å². The zero-order valence-electron chi connectivity index (χ0n) is 7.59. The number of aliphatic hydroxyl groups is 3. The predicted octanol–water partition coefficient (Wildman–Crippen LogP) is -2.28. The van der Waals surface area contributed by atoms with Crippen LogP contribution in [0.25, 0.3) is 0 Å². The van der Waals surface area contributed by atoms with Gasteiger partial charge in [-0.05, 0) is 6.42 Å². The lowest BCUT2D eigenvalue weighted by atomic mass is 10.1. The number of hydrogen-bond donors (Lipinski definition) is 6. The molecule has 0 rings (SSSR count). The van der Waals surface area contributed by atoms with Crippen molar-refractivity contribution in [2.45, 2.75) is 24.7 Å². The third kappa shape index (κ3) is 5.83. The third-order valence-electron chi connectivity index (χ3n) is 1.69. The van der Waals surface area contributed by atoms with Crippen molar-refractivity contribution in [3.63, 3.8) is 0 Å². The fourth-order valence-electron chi connectivity index (χ4n) is 0.828. The molecule has 9 heteroatoms. The molecule has 0 unspecified atom stereocenters. The van der Waals surface area contributed by atoms with E-state index in [0.29, 0.717) is 0 Å². The standard InChI is InChI=1S/C6H13O8P/c7-3(1-2-15(12,13)14)4(8)5(9)6(10)11/h3-5,7-9H,1-2H2,(H,10,11)(H2,12,13,14)/t3-,4-,5+/m1/s1. The Kier molecular flexibility index (Phi) is 5.36. The lowest BCUT2D eigenvalue weighted by Crippen LogP contribution is -2.42. The Labute approximate surface area is 85.0 Å². The van der Waals surface area contributed by atoms with E-state index in [9.17, 15) is 9.36 Å². The van der Waals surface area contributed by atoms with Crippen molar-refractivity contribution in [3.05, 3.63) is 0 Å². The first-order valence-corrected chi connectivity index (χ1v) is 5.76. The zero-order chi connectivity index (χ0) is 12.2. The van der Waals surface area contributed by atoms with Crippen LogP contribution in [0.15, 0.2) is 0 Å². The molecule has 0 fully saturated rings. The highest BCUT2D eigenvalue weighted by Crippen LogP contribution is 2.35. The van der Waals surface area contributed by atoms with Gasteiger partial charge in [0, 0.05) is 0 Å². The molecule has 0 heterocycles. The highest BCUT2D eigenvalue weighted by Gasteiger charge is 2.31. The SMILES string of the molecule is O=C(O)[C@@H](O)[C@H](O)[C@H](O)CCP(=O)(O)O. The van der Waals surface area contributed by atoms with E-state index in [2.05, 4.69) is 0 Å². The van der Waals surface area contributed by atoms with Gasteiger partial charge in [0.15, 0.2) is 6.10 Å². The Balaban J connectivity index is 4.16. The quantitative estimate of drug-likeness (QED) is 0.285. The fourth-order valence-corrected chi connectivity index (χ4v) is 1.43. The smallest absolute Gasteiger partial charge is 0.335 e. The second-order valence-electron chi connectivity index (χ2n) is 3.02. The molecule has 0 aromatic rings. The molecule has 3 atom stereocenters. The summed E-state index contributed by atoms with van der Waals surface area (Å²) in [6, 6.07) is 0. The Morgan fingerprint density at radius 1 is 1.20 bits per heavy atom. The molecule has 0 radical (unpaired) electrons. The zero-order valence-corrected chi connectivity index (χ0v) is 8.49. The Morgan fingerprint density at radius 3 is 2.00 bits per heavy atom. The average Bonchev–Trinajstić information content (AvgIpc) is 2.10. The summed E-state index contributed by atoms with van der Waals surface area (Å²) in [6.07, 6.45) is -7.07. The second kappa shape index (κ2) is 5.55. The molecule has 8 nitrogen and oxygen atoms in total. The van der Waals surface area contributed by atoms with Gasteiger partial charge in [-0.25, -0.2) is 4.79 Å². The van der Waals surface area contributed by atoms with Gasteiger partial charge in [0.05, 0.1) is 12.3 Å². The second-order valence-corrected chi connectivity index (χ2v) is 4.79.